The van der Waals surface area contributed by atoms with Crippen LogP contribution in [-0.2, 0) is 4.79 Å². The van der Waals surface area contributed by atoms with E-state index in [1.165, 1.54) is 0 Å². The smallest absolute Gasteiger partial charge is 0.317 e. The number of hydrogen-bond donors (Lipinski definition) is 1. The van der Waals surface area contributed by atoms with Gasteiger partial charge in [0.2, 0.25) is 0 Å². The van der Waals surface area contributed by atoms with Gasteiger partial charge in [0.25, 0.3) is 5.91 Å². The van der Waals surface area contributed by atoms with E-state index >= 15 is 0 Å². The standard InChI is InChI=1S/C16H20N2O3/c19-15(20)11-17-8-12-6-7-14(17)10-18(9-12)16(21)13-4-2-1-3-5-13/h1-5,12,14H,6-11H2,(H,19,20)/t12-,14-/m1/s1. The molecule has 0 aromatic heterocycles. The van der Waals surface area contributed by atoms with Crippen LogP contribution in [0.4, 0.5) is 0 Å². The number of nitrogens with zero attached hydrogens (tertiary/aromatic N) is 2. The van der Waals surface area contributed by atoms with Crippen molar-refractivity contribution in [2.75, 3.05) is 26.2 Å². The Bertz CT molecular complexity index is 532. The lowest BCUT2D eigenvalue weighted by Gasteiger charge is -2.34. The summed E-state index contributed by atoms with van der Waals surface area (Å²) in [5.74, 6) is -0.344. The number of carbonyl (C=O) groups is 2. The predicted octanol–water partition coefficient (Wildman–Crippen LogP) is 1.31. The highest BCUT2D eigenvalue weighted by Gasteiger charge is 2.37. The number of hydrogen-bond acceptors (Lipinski definition) is 3. The number of rotatable bonds is 3. The van der Waals surface area contributed by atoms with Gasteiger partial charge in [0, 0.05) is 31.2 Å². The highest BCUT2D eigenvalue weighted by Crippen LogP contribution is 2.28. The lowest BCUT2D eigenvalue weighted by Crippen LogP contribution is -2.46. The molecule has 3 aliphatic heterocycles. The molecule has 21 heavy (non-hydrogen) atoms. The largest absolute Gasteiger partial charge is 0.480 e. The van der Waals surface area contributed by atoms with Crippen LogP contribution >= 0.6 is 0 Å². The molecule has 1 aromatic carbocycles. The Balaban J connectivity index is 1.75. The van der Waals surface area contributed by atoms with E-state index in [4.69, 9.17) is 5.11 Å². The Hall–Kier alpha value is -1.88. The minimum absolute atomic E-state index is 0.0599. The summed E-state index contributed by atoms with van der Waals surface area (Å²) in [5.41, 5.74) is 0.712. The third-order valence-corrected chi connectivity index (χ3v) is 4.47. The SMILES string of the molecule is O=C(O)CN1C[C@H]2CC[C@@H]1CN(C(=O)c1ccccc1)C2. The predicted molar refractivity (Wildman–Crippen MR) is 78.1 cm³/mol. The van der Waals surface area contributed by atoms with E-state index in [-0.39, 0.29) is 18.5 Å². The molecule has 2 bridgehead atoms. The summed E-state index contributed by atoms with van der Waals surface area (Å²) in [6.07, 6.45) is 2.07. The number of fused-ring (bicyclic) bond motifs is 4. The molecule has 112 valence electrons. The highest BCUT2D eigenvalue weighted by atomic mass is 16.4. The van der Waals surface area contributed by atoms with Crippen molar-refractivity contribution in [3.63, 3.8) is 0 Å². The van der Waals surface area contributed by atoms with Crippen molar-refractivity contribution in [3.8, 4) is 0 Å². The second-order valence-electron chi connectivity index (χ2n) is 6.00. The number of amides is 1. The van der Waals surface area contributed by atoms with Gasteiger partial charge < -0.3 is 10.0 Å². The average molecular weight is 288 g/mol. The van der Waals surface area contributed by atoms with Gasteiger partial charge in [0.1, 0.15) is 0 Å². The van der Waals surface area contributed by atoms with Crippen LogP contribution in [0.15, 0.2) is 30.3 Å². The number of carboxylic acids is 1. The van der Waals surface area contributed by atoms with E-state index < -0.39 is 5.97 Å². The third kappa shape index (κ3) is 3.08. The minimum Gasteiger partial charge on any atom is -0.480 e. The topological polar surface area (TPSA) is 60.9 Å². The van der Waals surface area contributed by atoms with Gasteiger partial charge in [-0.1, -0.05) is 18.2 Å². The van der Waals surface area contributed by atoms with Crippen LogP contribution in [0.3, 0.4) is 0 Å². The van der Waals surface area contributed by atoms with Crippen molar-refractivity contribution >= 4 is 11.9 Å². The first-order valence-corrected chi connectivity index (χ1v) is 7.43. The molecule has 3 heterocycles. The van der Waals surface area contributed by atoms with Crippen LogP contribution < -0.4 is 0 Å². The van der Waals surface area contributed by atoms with Gasteiger partial charge in [-0.05, 0) is 30.9 Å². The molecule has 2 atom stereocenters. The van der Waals surface area contributed by atoms with Gasteiger partial charge in [-0.3, -0.25) is 14.5 Å². The molecule has 0 aliphatic carbocycles. The van der Waals surface area contributed by atoms with Crippen LogP contribution in [0.2, 0.25) is 0 Å². The van der Waals surface area contributed by atoms with E-state index in [9.17, 15) is 9.59 Å². The van der Waals surface area contributed by atoms with Crippen LogP contribution in [0.5, 0.6) is 0 Å². The summed E-state index contributed by atoms with van der Waals surface area (Å²) >= 11 is 0. The molecule has 3 saturated heterocycles. The molecule has 1 N–H and O–H groups in total. The van der Waals surface area contributed by atoms with Crippen molar-refractivity contribution in [1.82, 2.24) is 9.80 Å². The fourth-order valence-electron chi connectivity index (χ4n) is 3.48. The maximum Gasteiger partial charge on any atom is 0.317 e. The maximum absolute atomic E-state index is 12.6. The number of piperidine rings is 1. The summed E-state index contributed by atoms with van der Waals surface area (Å²) in [6, 6.07) is 9.49. The van der Waals surface area contributed by atoms with Crippen molar-refractivity contribution in [1.29, 1.82) is 0 Å². The van der Waals surface area contributed by atoms with Gasteiger partial charge >= 0.3 is 5.97 Å². The van der Waals surface area contributed by atoms with Gasteiger partial charge in [0.05, 0.1) is 6.54 Å². The molecule has 3 aliphatic rings. The zero-order valence-corrected chi connectivity index (χ0v) is 11.9. The number of carbonyl (C=O) groups excluding carboxylic acids is 1. The van der Waals surface area contributed by atoms with E-state index in [2.05, 4.69) is 0 Å². The first-order chi connectivity index (χ1) is 10.1. The molecular formula is C16H20N2O3. The first-order valence-electron chi connectivity index (χ1n) is 7.43. The molecule has 0 spiro atoms. The quantitative estimate of drug-likeness (QED) is 0.911. The van der Waals surface area contributed by atoms with E-state index in [0.29, 0.717) is 18.0 Å². The van der Waals surface area contributed by atoms with E-state index in [0.717, 1.165) is 25.9 Å². The van der Waals surface area contributed by atoms with Crippen LogP contribution in [0.25, 0.3) is 0 Å². The van der Waals surface area contributed by atoms with Gasteiger partial charge in [-0.15, -0.1) is 0 Å². The van der Waals surface area contributed by atoms with Gasteiger partial charge in [-0.2, -0.15) is 0 Å². The summed E-state index contributed by atoms with van der Waals surface area (Å²) in [7, 11) is 0. The zero-order chi connectivity index (χ0) is 14.8. The average Bonchev–Trinajstić information content (AvgIpc) is 2.78. The zero-order valence-electron chi connectivity index (χ0n) is 11.9. The molecule has 0 unspecified atom stereocenters. The number of benzene rings is 1. The molecule has 1 aromatic rings. The Morgan fingerprint density at radius 2 is 1.86 bits per heavy atom. The van der Waals surface area contributed by atoms with Crippen molar-refractivity contribution in [3.05, 3.63) is 35.9 Å². The molecule has 3 fully saturated rings. The normalized spacial score (nSPS) is 25.6. The van der Waals surface area contributed by atoms with Crippen molar-refractivity contribution in [2.24, 2.45) is 5.92 Å². The Labute approximate surface area is 124 Å². The van der Waals surface area contributed by atoms with Crippen molar-refractivity contribution < 1.29 is 14.7 Å². The Morgan fingerprint density at radius 3 is 2.57 bits per heavy atom. The molecule has 0 radical (unpaired) electrons. The molecule has 4 rings (SSSR count). The molecule has 5 nitrogen and oxygen atoms in total. The summed E-state index contributed by atoms with van der Waals surface area (Å²) < 4.78 is 0. The second-order valence-corrected chi connectivity index (χ2v) is 6.00. The third-order valence-electron chi connectivity index (χ3n) is 4.47. The Morgan fingerprint density at radius 1 is 1.10 bits per heavy atom. The minimum atomic E-state index is -0.788. The van der Waals surface area contributed by atoms with Crippen LogP contribution in [-0.4, -0.2) is 59.0 Å². The van der Waals surface area contributed by atoms with Gasteiger partial charge in [0.15, 0.2) is 0 Å². The summed E-state index contributed by atoms with van der Waals surface area (Å²) in [6.45, 7) is 2.24. The monoisotopic (exact) mass is 288 g/mol. The van der Waals surface area contributed by atoms with Crippen molar-refractivity contribution in [2.45, 2.75) is 18.9 Å². The Kier molecular flexibility index (Phi) is 3.92. The highest BCUT2D eigenvalue weighted by molar-refractivity contribution is 5.94. The number of aliphatic carboxylic acids is 1. The fourth-order valence-corrected chi connectivity index (χ4v) is 3.48. The van der Waals surface area contributed by atoms with E-state index in [1.54, 1.807) is 0 Å². The molecule has 1 amide bonds. The molecule has 0 saturated carbocycles. The second kappa shape index (κ2) is 5.85. The summed E-state index contributed by atoms with van der Waals surface area (Å²) in [5, 5.41) is 9.02. The molecule has 5 heteroatoms. The lowest BCUT2D eigenvalue weighted by molar-refractivity contribution is -0.139. The molecular weight excluding hydrogens is 268 g/mol. The van der Waals surface area contributed by atoms with Gasteiger partial charge in [-0.25, -0.2) is 0 Å². The summed E-state index contributed by atoms with van der Waals surface area (Å²) in [4.78, 5) is 27.5. The first kappa shape index (κ1) is 14.1. The van der Waals surface area contributed by atoms with Crippen LogP contribution in [0, 0.1) is 5.92 Å². The lowest BCUT2D eigenvalue weighted by atomic mass is 9.95. The fraction of sp³-hybridized carbons (Fsp3) is 0.500. The number of carboxylic acid groups (broad SMARTS) is 1. The maximum atomic E-state index is 12.6. The van der Waals surface area contributed by atoms with Crippen LogP contribution in [0.1, 0.15) is 23.2 Å². The van der Waals surface area contributed by atoms with E-state index in [1.807, 2.05) is 40.1 Å².